The van der Waals surface area contributed by atoms with E-state index in [2.05, 4.69) is 206 Å². The molecule has 0 aromatic heterocycles. The van der Waals surface area contributed by atoms with Gasteiger partial charge in [-0.2, -0.15) is 0 Å². The lowest BCUT2D eigenvalue weighted by molar-refractivity contribution is 1.66. The summed E-state index contributed by atoms with van der Waals surface area (Å²) in [4.78, 5) is 0. The van der Waals surface area contributed by atoms with Gasteiger partial charge in [0, 0.05) is 0 Å². The maximum Gasteiger partial charge on any atom is -0.00201 e. The molecular formula is C54H34. The lowest BCUT2D eigenvalue weighted by Crippen LogP contribution is -1.92. The van der Waals surface area contributed by atoms with Crippen molar-refractivity contribution in [1.29, 1.82) is 0 Å². The van der Waals surface area contributed by atoms with Crippen LogP contribution in [0.1, 0.15) is 0 Å². The first-order chi connectivity index (χ1) is 26.8. The molecule has 0 aliphatic rings. The Kier molecular flexibility index (Phi) is 6.97. The molecule has 0 heteroatoms. The molecule has 0 aliphatic heterocycles. The SMILES string of the molecule is c1ccc(-c2c3ccccc3c(-c3ccc4ccc(-c5c6ccccc6c(-c6cccc7ccccc67)c6ccccc56)cc4c3)c3ccccc23)cc1. The summed E-state index contributed by atoms with van der Waals surface area (Å²) in [5.74, 6) is 0. The van der Waals surface area contributed by atoms with Crippen LogP contribution >= 0.6 is 0 Å². The highest BCUT2D eigenvalue weighted by molar-refractivity contribution is 6.24. The van der Waals surface area contributed by atoms with Gasteiger partial charge in [-0.05, 0) is 121 Å². The second kappa shape index (κ2) is 12.3. The molecule has 0 radical (unpaired) electrons. The summed E-state index contributed by atoms with van der Waals surface area (Å²) >= 11 is 0. The average Bonchev–Trinajstić information content (AvgIpc) is 3.24. The van der Waals surface area contributed by atoms with E-state index in [-0.39, 0.29) is 0 Å². The fraction of sp³-hybridized carbons (Fsp3) is 0. The maximum atomic E-state index is 2.41. The number of fused-ring (bicyclic) bond motifs is 6. The van der Waals surface area contributed by atoms with E-state index in [1.165, 1.54) is 109 Å². The van der Waals surface area contributed by atoms with Crippen LogP contribution in [0.3, 0.4) is 0 Å². The highest BCUT2D eigenvalue weighted by atomic mass is 14.2. The molecule has 0 nitrogen and oxygen atoms in total. The fourth-order valence-electron chi connectivity index (χ4n) is 9.09. The van der Waals surface area contributed by atoms with Crippen molar-refractivity contribution in [3.63, 3.8) is 0 Å². The van der Waals surface area contributed by atoms with Gasteiger partial charge in [0.25, 0.3) is 0 Å². The lowest BCUT2D eigenvalue weighted by atomic mass is 9.84. The molecule has 0 amide bonds. The molecular weight excluding hydrogens is 649 g/mol. The summed E-state index contributed by atoms with van der Waals surface area (Å²) in [7, 11) is 0. The van der Waals surface area contributed by atoms with Gasteiger partial charge >= 0.3 is 0 Å². The van der Waals surface area contributed by atoms with Gasteiger partial charge in [0.15, 0.2) is 0 Å². The third kappa shape index (κ3) is 4.71. The minimum absolute atomic E-state index is 1.23. The zero-order chi connectivity index (χ0) is 35.6. The van der Waals surface area contributed by atoms with Gasteiger partial charge in [0.05, 0.1) is 0 Å². The summed E-state index contributed by atoms with van der Waals surface area (Å²) < 4.78 is 0. The van der Waals surface area contributed by atoms with Crippen molar-refractivity contribution in [3.05, 3.63) is 206 Å². The first-order valence-corrected chi connectivity index (χ1v) is 18.8. The zero-order valence-corrected chi connectivity index (χ0v) is 29.6. The molecule has 0 spiro atoms. The van der Waals surface area contributed by atoms with E-state index in [4.69, 9.17) is 0 Å². The number of benzene rings is 11. The van der Waals surface area contributed by atoms with Crippen molar-refractivity contribution in [2.75, 3.05) is 0 Å². The normalized spacial score (nSPS) is 11.7. The fourth-order valence-corrected chi connectivity index (χ4v) is 9.09. The first kappa shape index (κ1) is 30.6. The molecule has 0 fully saturated rings. The molecule has 0 aliphatic carbocycles. The van der Waals surface area contributed by atoms with E-state index in [1.54, 1.807) is 0 Å². The van der Waals surface area contributed by atoms with E-state index >= 15 is 0 Å². The van der Waals surface area contributed by atoms with Gasteiger partial charge < -0.3 is 0 Å². The minimum Gasteiger partial charge on any atom is -0.0622 e. The Labute approximate surface area is 314 Å². The van der Waals surface area contributed by atoms with Crippen LogP contribution in [-0.4, -0.2) is 0 Å². The predicted molar refractivity (Wildman–Crippen MR) is 233 cm³/mol. The Bertz CT molecular complexity index is 3140. The molecule has 0 bridgehead atoms. The van der Waals surface area contributed by atoms with E-state index < -0.39 is 0 Å². The molecule has 0 saturated heterocycles. The van der Waals surface area contributed by atoms with Crippen molar-refractivity contribution >= 4 is 64.6 Å². The van der Waals surface area contributed by atoms with Crippen LogP contribution in [0.25, 0.3) is 109 Å². The van der Waals surface area contributed by atoms with Crippen LogP contribution in [-0.2, 0) is 0 Å². The molecule has 54 heavy (non-hydrogen) atoms. The van der Waals surface area contributed by atoms with Gasteiger partial charge in [0.2, 0.25) is 0 Å². The molecule has 0 atom stereocenters. The quantitative estimate of drug-likeness (QED) is 0.162. The Morgan fingerprint density at radius 2 is 0.556 bits per heavy atom. The number of rotatable bonds is 4. The smallest absolute Gasteiger partial charge is 0.00201 e. The van der Waals surface area contributed by atoms with E-state index in [9.17, 15) is 0 Å². The Morgan fingerprint density at radius 1 is 0.185 bits per heavy atom. The van der Waals surface area contributed by atoms with Crippen LogP contribution in [0.2, 0.25) is 0 Å². The molecule has 11 aromatic rings. The zero-order valence-electron chi connectivity index (χ0n) is 29.6. The van der Waals surface area contributed by atoms with Gasteiger partial charge in [-0.15, -0.1) is 0 Å². The molecule has 11 aromatic carbocycles. The van der Waals surface area contributed by atoms with E-state index in [0.717, 1.165) is 0 Å². The van der Waals surface area contributed by atoms with Gasteiger partial charge in [-0.25, -0.2) is 0 Å². The first-order valence-electron chi connectivity index (χ1n) is 18.8. The molecule has 11 rings (SSSR count). The Hall–Kier alpha value is -7.02. The van der Waals surface area contributed by atoms with Gasteiger partial charge in [-0.1, -0.05) is 194 Å². The monoisotopic (exact) mass is 682 g/mol. The molecule has 0 unspecified atom stereocenters. The summed E-state index contributed by atoms with van der Waals surface area (Å²) in [6, 6.07) is 76.1. The van der Waals surface area contributed by atoms with E-state index in [0.29, 0.717) is 0 Å². The average molecular weight is 683 g/mol. The summed E-state index contributed by atoms with van der Waals surface area (Å²) in [6.07, 6.45) is 0. The van der Waals surface area contributed by atoms with Crippen LogP contribution in [0.4, 0.5) is 0 Å². The standard InChI is InChI=1S/C54H34/c1-2-16-37(17-3-1)51-43-20-6-8-22-45(43)52(46-23-9-7-21-44(46)51)38-31-29-35-30-32-39(34-40(35)33-38)53-47-24-10-12-26-49(47)54(50-27-13-11-25-48(50)53)42-28-14-18-36-15-4-5-19-41(36)42/h1-34H. The van der Waals surface area contributed by atoms with Crippen LogP contribution in [0, 0.1) is 0 Å². The largest absolute Gasteiger partial charge is 0.0622 e. The molecule has 0 heterocycles. The Balaban J connectivity index is 1.16. The van der Waals surface area contributed by atoms with Gasteiger partial charge in [0.1, 0.15) is 0 Å². The molecule has 0 N–H and O–H groups in total. The number of hydrogen-bond donors (Lipinski definition) is 0. The van der Waals surface area contributed by atoms with Crippen molar-refractivity contribution in [2.24, 2.45) is 0 Å². The van der Waals surface area contributed by atoms with Crippen molar-refractivity contribution in [2.45, 2.75) is 0 Å². The topological polar surface area (TPSA) is 0 Å². The van der Waals surface area contributed by atoms with E-state index in [1.807, 2.05) is 0 Å². The highest BCUT2D eigenvalue weighted by Crippen LogP contribution is 2.47. The van der Waals surface area contributed by atoms with Crippen molar-refractivity contribution in [1.82, 2.24) is 0 Å². The summed E-state index contributed by atoms with van der Waals surface area (Å²) in [6.45, 7) is 0. The van der Waals surface area contributed by atoms with Crippen molar-refractivity contribution in [3.8, 4) is 44.5 Å². The summed E-state index contributed by atoms with van der Waals surface area (Å²) in [5, 5.41) is 15.2. The summed E-state index contributed by atoms with van der Waals surface area (Å²) in [5.41, 5.74) is 10.1. The third-order valence-corrected chi connectivity index (χ3v) is 11.4. The van der Waals surface area contributed by atoms with Crippen LogP contribution in [0.5, 0.6) is 0 Å². The number of hydrogen-bond acceptors (Lipinski definition) is 0. The highest BCUT2D eigenvalue weighted by Gasteiger charge is 2.19. The van der Waals surface area contributed by atoms with Crippen molar-refractivity contribution < 1.29 is 0 Å². The Morgan fingerprint density at radius 3 is 1.04 bits per heavy atom. The second-order valence-electron chi connectivity index (χ2n) is 14.4. The molecule has 0 saturated carbocycles. The minimum atomic E-state index is 1.23. The molecule has 250 valence electrons. The third-order valence-electron chi connectivity index (χ3n) is 11.4. The second-order valence-corrected chi connectivity index (χ2v) is 14.4. The van der Waals surface area contributed by atoms with Crippen LogP contribution in [0.15, 0.2) is 206 Å². The lowest BCUT2D eigenvalue weighted by Gasteiger charge is -2.19. The predicted octanol–water partition coefficient (Wildman–Crippen LogP) is 15.3. The van der Waals surface area contributed by atoms with Gasteiger partial charge in [-0.3, -0.25) is 0 Å². The maximum absolute atomic E-state index is 2.41. The van der Waals surface area contributed by atoms with Crippen LogP contribution < -0.4 is 0 Å².